The number of hydrogen-bond acceptors (Lipinski definition) is 4. The summed E-state index contributed by atoms with van der Waals surface area (Å²) in [6.07, 6.45) is 1.93. The van der Waals surface area contributed by atoms with Crippen molar-refractivity contribution in [2.75, 3.05) is 0 Å². The Hall–Kier alpha value is -1.40. The highest BCUT2D eigenvalue weighted by atomic mass is 32.1. The third-order valence-corrected chi connectivity index (χ3v) is 3.67. The Balaban J connectivity index is 2.00. The number of carbonyl (C=O) groups excluding carboxylic acids is 2. The van der Waals surface area contributed by atoms with Crippen molar-refractivity contribution in [3.8, 4) is 0 Å². The first-order valence-corrected chi connectivity index (χ1v) is 6.87. The van der Waals surface area contributed by atoms with E-state index in [1.54, 1.807) is 16.2 Å². The second kappa shape index (κ2) is 5.49. The lowest BCUT2D eigenvalue weighted by molar-refractivity contribution is -0.135. The predicted molar refractivity (Wildman–Crippen MR) is 69.7 cm³/mol. The van der Waals surface area contributed by atoms with Gasteiger partial charge >= 0.3 is 0 Å². The minimum absolute atomic E-state index is 0.0916. The average Bonchev–Trinajstić information content (AvgIpc) is 3.02. The summed E-state index contributed by atoms with van der Waals surface area (Å²) < 4.78 is 0. The fraction of sp³-hybridized carbons (Fsp3) is 0.500. The summed E-state index contributed by atoms with van der Waals surface area (Å²) in [5.74, 6) is -0.718. The van der Waals surface area contributed by atoms with Crippen LogP contribution in [0.15, 0.2) is 16.8 Å². The van der Waals surface area contributed by atoms with Gasteiger partial charge in [0.2, 0.25) is 11.8 Å². The lowest BCUT2D eigenvalue weighted by Crippen LogP contribution is -2.46. The molecular formula is C12H17N3O2S. The molecule has 1 saturated carbocycles. The Morgan fingerprint density at radius 2 is 2.22 bits per heavy atom. The molecule has 0 saturated heterocycles. The molecule has 5 nitrogen and oxygen atoms in total. The molecule has 0 bridgehead atoms. The Morgan fingerprint density at radius 3 is 2.72 bits per heavy atom. The number of carbonyl (C=O) groups is 2. The van der Waals surface area contributed by atoms with Gasteiger partial charge in [-0.25, -0.2) is 0 Å². The molecule has 2 rings (SSSR count). The fourth-order valence-corrected chi connectivity index (χ4v) is 2.53. The molecule has 98 valence electrons. The van der Waals surface area contributed by atoms with Crippen molar-refractivity contribution in [1.82, 2.24) is 4.90 Å². The summed E-state index contributed by atoms with van der Waals surface area (Å²) in [4.78, 5) is 24.8. The van der Waals surface area contributed by atoms with Crippen LogP contribution in [0.2, 0.25) is 0 Å². The summed E-state index contributed by atoms with van der Waals surface area (Å²) in [7, 11) is 0. The average molecular weight is 267 g/mol. The second-order valence-electron chi connectivity index (χ2n) is 4.61. The first-order chi connectivity index (χ1) is 8.58. The number of hydrogen-bond donors (Lipinski definition) is 2. The van der Waals surface area contributed by atoms with Gasteiger partial charge in [0, 0.05) is 12.6 Å². The Bertz CT molecular complexity index is 429. The van der Waals surface area contributed by atoms with Crippen LogP contribution >= 0.6 is 11.3 Å². The maximum absolute atomic E-state index is 12.2. The number of nitrogens with two attached hydrogens (primary N) is 2. The van der Waals surface area contributed by atoms with Crippen LogP contribution in [0.5, 0.6) is 0 Å². The van der Waals surface area contributed by atoms with Gasteiger partial charge in [0.15, 0.2) is 0 Å². The van der Waals surface area contributed by atoms with Gasteiger partial charge in [0.05, 0.1) is 12.5 Å². The molecule has 1 fully saturated rings. The number of rotatable bonds is 6. The second-order valence-corrected chi connectivity index (χ2v) is 5.39. The van der Waals surface area contributed by atoms with Gasteiger partial charge in [-0.3, -0.25) is 9.59 Å². The minimum Gasteiger partial charge on any atom is -0.370 e. The van der Waals surface area contributed by atoms with Crippen molar-refractivity contribution in [2.24, 2.45) is 11.5 Å². The van der Waals surface area contributed by atoms with Crippen molar-refractivity contribution in [2.45, 2.75) is 37.9 Å². The molecule has 6 heteroatoms. The van der Waals surface area contributed by atoms with Crippen molar-refractivity contribution >= 4 is 23.2 Å². The van der Waals surface area contributed by atoms with Crippen LogP contribution < -0.4 is 11.5 Å². The van der Waals surface area contributed by atoms with E-state index in [0.717, 1.165) is 18.4 Å². The van der Waals surface area contributed by atoms with Gasteiger partial charge < -0.3 is 16.4 Å². The van der Waals surface area contributed by atoms with Crippen molar-refractivity contribution in [3.05, 3.63) is 22.4 Å². The maximum Gasteiger partial charge on any atom is 0.240 e. The van der Waals surface area contributed by atoms with Crippen LogP contribution in [-0.2, 0) is 16.1 Å². The van der Waals surface area contributed by atoms with E-state index in [1.165, 1.54) is 0 Å². The zero-order valence-electron chi connectivity index (χ0n) is 10.0. The van der Waals surface area contributed by atoms with Crippen LogP contribution in [-0.4, -0.2) is 28.8 Å². The third kappa shape index (κ3) is 3.30. The molecule has 1 atom stereocenters. The monoisotopic (exact) mass is 267 g/mol. The van der Waals surface area contributed by atoms with E-state index in [2.05, 4.69) is 0 Å². The van der Waals surface area contributed by atoms with Gasteiger partial charge in [-0.15, -0.1) is 0 Å². The lowest BCUT2D eigenvalue weighted by Gasteiger charge is -2.25. The van der Waals surface area contributed by atoms with Crippen molar-refractivity contribution in [3.63, 3.8) is 0 Å². The highest BCUT2D eigenvalue weighted by Gasteiger charge is 2.35. The van der Waals surface area contributed by atoms with Crippen LogP contribution in [0.1, 0.15) is 24.8 Å². The van der Waals surface area contributed by atoms with E-state index >= 15 is 0 Å². The summed E-state index contributed by atoms with van der Waals surface area (Å²) in [5.41, 5.74) is 11.9. The molecular weight excluding hydrogens is 250 g/mol. The molecule has 1 aliphatic carbocycles. The molecule has 4 N–H and O–H groups in total. The van der Waals surface area contributed by atoms with E-state index < -0.39 is 11.9 Å². The molecule has 1 heterocycles. The molecule has 0 aliphatic heterocycles. The molecule has 18 heavy (non-hydrogen) atoms. The SMILES string of the molecule is NC(=O)CC(N)C(=O)N(Cc1ccsc1)C1CC1. The third-order valence-electron chi connectivity index (χ3n) is 2.94. The van der Waals surface area contributed by atoms with Gasteiger partial charge in [-0.2, -0.15) is 11.3 Å². The van der Waals surface area contributed by atoms with Crippen molar-refractivity contribution in [1.29, 1.82) is 0 Å². The van der Waals surface area contributed by atoms with Gasteiger partial charge in [0.25, 0.3) is 0 Å². The molecule has 0 spiro atoms. The van der Waals surface area contributed by atoms with Crippen LogP contribution in [0.3, 0.4) is 0 Å². The van der Waals surface area contributed by atoms with Crippen LogP contribution in [0.4, 0.5) is 0 Å². The normalized spacial score (nSPS) is 16.3. The van der Waals surface area contributed by atoms with Crippen molar-refractivity contribution < 1.29 is 9.59 Å². The zero-order chi connectivity index (χ0) is 13.1. The smallest absolute Gasteiger partial charge is 0.240 e. The minimum atomic E-state index is -0.818. The quantitative estimate of drug-likeness (QED) is 0.783. The van der Waals surface area contributed by atoms with E-state index in [-0.39, 0.29) is 18.4 Å². The first kappa shape index (κ1) is 13.0. The van der Waals surface area contributed by atoms with E-state index in [0.29, 0.717) is 6.54 Å². The number of nitrogens with zero attached hydrogens (tertiary/aromatic N) is 1. The predicted octanol–water partition coefficient (Wildman–Crippen LogP) is 0.442. The largest absolute Gasteiger partial charge is 0.370 e. The molecule has 1 aliphatic rings. The Kier molecular flexibility index (Phi) is 3.98. The topological polar surface area (TPSA) is 89.4 Å². The summed E-state index contributed by atoms with van der Waals surface area (Å²) in [6.45, 7) is 0.569. The van der Waals surface area contributed by atoms with E-state index in [1.807, 2.05) is 16.8 Å². The summed E-state index contributed by atoms with van der Waals surface area (Å²) in [6, 6.07) is 1.45. The number of thiophene rings is 1. The summed E-state index contributed by atoms with van der Waals surface area (Å²) >= 11 is 1.60. The summed E-state index contributed by atoms with van der Waals surface area (Å²) in [5, 5.41) is 4.00. The van der Waals surface area contributed by atoms with Gasteiger partial charge in [0.1, 0.15) is 0 Å². The molecule has 0 radical (unpaired) electrons. The highest BCUT2D eigenvalue weighted by molar-refractivity contribution is 7.07. The standard InChI is InChI=1S/C12H17N3O2S/c13-10(5-11(14)16)12(17)15(9-1-2-9)6-8-3-4-18-7-8/h3-4,7,9-10H,1-2,5-6,13H2,(H2,14,16). The van der Waals surface area contributed by atoms with Crippen LogP contribution in [0.25, 0.3) is 0 Å². The Labute approximate surface area is 110 Å². The lowest BCUT2D eigenvalue weighted by atomic mass is 10.1. The van der Waals surface area contributed by atoms with Crippen LogP contribution in [0, 0.1) is 0 Å². The van der Waals surface area contributed by atoms with Gasteiger partial charge in [-0.1, -0.05) is 0 Å². The van der Waals surface area contributed by atoms with E-state index in [4.69, 9.17) is 11.5 Å². The number of amides is 2. The highest BCUT2D eigenvalue weighted by Crippen LogP contribution is 2.29. The first-order valence-electron chi connectivity index (χ1n) is 5.93. The Morgan fingerprint density at radius 1 is 1.50 bits per heavy atom. The molecule has 2 amide bonds. The van der Waals surface area contributed by atoms with E-state index in [9.17, 15) is 9.59 Å². The molecule has 0 aromatic carbocycles. The molecule has 1 unspecified atom stereocenters. The fourth-order valence-electron chi connectivity index (χ4n) is 1.87. The zero-order valence-corrected chi connectivity index (χ0v) is 10.9. The molecule has 1 aromatic rings. The number of primary amides is 1. The molecule has 1 aromatic heterocycles. The maximum atomic E-state index is 12.2. The van der Waals surface area contributed by atoms with Gasteiger partial charge in [-0.05, 0) is 35.2 Å².